The Hall–Kier alpha value is -2.13. The molecule has 0 saturated carbocycles. The van der Waals surface area contributed by atoms with Gasteiger partial charge in [0.05, 0.1) is 4.88 Å². The van der Waals surface area contributed by atoms with Gasteiger partial charge in [0.1, 0.15) is 0 Å². The summed E-state index contributed by atoms with van der Waals surface area (Å²) in [5.74, 6) is 0.333. The molecule has 106 valence electrons. The smallest absolute Gasteiger partial charge is 0.258 e. The molecule has 1 aliphatic rings. The summed E-state index contributed by atoms with van der Waals surface area (Å²) >= 11 is 1.51. The predicted octanol–water partition coefficient (Wildman–Crippen LogP) is 4.11. The number of primary amides is 1. The Balaban J connectivity index is 2.01. The van der Waals surface area contributed by atoms with E-state index in [-0.39, 0.29) is 11.8 Å². The molecule has 2 nitrogen and oxygen atoms in total. The average Bonchev–Trinajstić information content (AvgIpc) is 3.00. The molecule has 0 radical (unpaired) electrons. The molecule has 2 unspecified atom stereocenters. The first-order valence-corrected chi connectivity index (χ1v) is 7.85. The van der Waals surface area contributed by atoms with Crippen molar-refractivity contribution in [3.63, 3.8) is 0 Å². The van der Waals surface area contributed by atoms with E-state index in [0.29, 0.717) is 10.8 Å². The van der Waals surface area contributed by atoms with E-state index < -0.39 is 0 Å². The van der Waals surface area contributed by atoms with Crippen molar-refractivity contribution < 1.29 is 4.79 Å². The maximum atomic E-state index is 11.4. The van der Waals surface area contributed by atoms with Gasteiger partial charge in [0.2, 0.25) is 0 Å². The van der Waals surface area contributed by atoms with E-state index in [1.165, 1.54) is 21.8 Å². The van der Waals surface area contributed by atoms with Crippen LogP contribution in [0.25, 0.3) is 0 Å². The summed E-state index contributed by atoms with van der Waals surface area (Å²) < 4.78 is 0. The lowest BCUT2D eigenvalue weighted by atomic mass is 9.81. The van der Waals surface area contributed by atoms with Crippen LogP contribution in [0.1, 0.15) is 32.5 Å². The summed E-state index contributed by atoms with van der Waals surface area (Å²) in [5, 5.41) is 0. The van der Waals surface area contributed by atoms with E-state index in [2.05, 4.69) is 48.6 Å². The van der Waals surface area contributed by atoms with Crippen LogP contribution >= 0.6 is 11.3 Å². The number of hydrogen-bond donors (Lipinski definition) is 1. The summed E-state index contributed by atoms with van der Waals surface area (Å²) in [7, 11) is 0. The molecule has 2 N–H and O–H groups in total. The van der Waals surface area contributed by atoms with Gasteiger partial charge in [0, 0.05) is 10.8 Å². The molecule has 0 fully saturated rings. The highest BCUT2D eigenvalue weighted by Gasteiger charge is 2.25. The lowest BCUT2D eigenvalue weighted by Crippen LogP contribution is -2.12. The zero-order valence-electron chi connectivity index (χ0n) is 11.6. The number of thiophene rings is 1. The van der Waals surface area contributed by atoms with Crippen molar-refractivity contribution in [1.82, 2.24) is 0 Å². The summed E-state index contributed by atoms with van der Waals surface area (Å²) in [4.78, 5) is 13.2. The normalized spacial score (nSPS) is 18.6. The minimum absolute atomic E-state index is 0.269. The van der Waals surface area contributed by atoms with Crippen molar-refractivity contribution in [3.05, 3.63) is 82.1 Å². The molecule has 1 amide bonds. The Kier molecular flexibility index (Phi) is 4.02. The first-order valence-electron chi connectivity index (χ1n) is 7.03. The largest absolute Gasteiger partial charge is 0.365 e. The van der Waals surface area contributed by atoms with Gasteiger partial charge in [-0.2, -0.15) is 0 Å². The fourth-order valence-electron chi connectivity index (χ4n) is 2.78. The number of rotatable bonds is 4. The van der Waals surface area contributed by atoms with Crippen LogP contribution in [0.3, 0.4) is 0 Å². The minimum Gasteiger partial charge on any atom is -0.365 e. The molecule has 1 aromatic carbocycles. The van der Waals surface area contributed by atoms with Gasteiger partial charge in [0.25, 0.3) is 5.91 Å². The Morgan fingerprint density at radius 2 is 1.95 bits per heavy atom. The first-order chi connectivity index (χ1) is 10.3. The summed E-state index contributed by atoms with van der Waals surface area (Å²) in [6.07, 6.45) is 9.65. The molecule has 21 heavy (non-hydrogen) atoms. The Morgan fingerprint density at radius 1 is 1.14 bits per heavy atom. The van der Waals surface area contributed by atoms with Crippen LogP contribution in [0, 0.1) is 5.92 Å². The van der Waals surface area contributed by atoms with Crippen molar-refractivity contribution >= 4 is 17.2 Å². The van der Waals surface area contributed by atoms with Crippen molar-refractivity contribution in [2.75, 3.05) is 0 Å². The van der Waals surface area contributed by atoms with Crippen LogP contribution < -0.4 is 5.73 Å². The zero-order valence-corrected chi connectivity index (χ0v) is 12.4. The SMILES string of the molecule is NC(=O)c1ccc(C(c2ccccc2)C2C=CC=CC2)s1. The highest BCUT2D eigenvalue weighted by molar-refractivity contribution is 7.14. The van der Waals surface area contributed by atoms with Gasteiger partial charge in [-0.15, -0.1) is 11.3 Å². The third kappa shape index (κ3) is 2.98. The maximum absolute atomic E-state index is 11.4. The fraction of sp³-hybridized carbons (Fsp3) is 0.167. The predicted molar refractivity (Wildman–Crippen MR) is 87.5 cm³/mol. The number of benzene rings is 1. The van der Waals surface area contributed by atoms with Crippen LogP contribution in [0.5, 0.6) is 0 Å². The first kappa shape index (κ1) is 13.8. The third-order valence-corrected chi connectivity index (χ3v) is 4.96. The topological polar surface area (TPSA) is 43.1 Å². The maximum Gasteiger partial charge on any atom is 0.258 e. The molecule has 2 aromatic rings. The van der Waals surface area contributed by atoms with Gasteiger partial charge in [0.15, 0.2) is 0 Å². The van der Waals surface area contributed by atoms with E-state index in [1.54, 1.807) is 0 Å². The molecule has 0 bridgehead atoms. The monoisotopic (exact) mass is 295 g/mol. The molecule has 0 aliphatic heterocycles. The molecular weight excluding hydrogens is 278 g/mol. The second-order valence-electron chi connectivity index (χ2n) is 5.17. The second-order valence-corrected chi connectivity index (χ2v) is 6.28. The summed E-state index contributed by atoms with van der Waals surface area (Å²) in [6, 6.07) is 14.3. The lowest BCUT2D eigenvalue weighted by molar-refractivity contribution is 0.100. The van der Waals surface area contributed by atoms with Gasteiger partial charge >= 0.3 is 0 Å². The molecule has 1 aromatic heterocycles. The van der Waals surface area contributed by atoms with Crippen LogP contribution in [-0.2, 0) is 0 Å². The third-order valence-electron chi connectivity index (χ3n) is 3.78. The number of hydrogen-bond acceptors (Lipinski definition) is 2. The lowest BCUT2D eigenvalue weighted by Gasteiger charge is -2.24. The molecule has 0 spiro atoms. The molecular formula is C18H17NOS. The summed E-state index contributed by atoms with van der Waals surface area (Å²) in [6.45, 7) is 0. The Bertz CT molecular complexity index is 684. The number of nitrogens with two attached hydrogens (primary N) is 1. The number of carbonyl (C=O) groups excluding carboxylic acids is 1. The van der Waals surface area contributed by atoms with Crippen LogP contribution in [0.2, 0.25) is 0 Å². The minimum atomic E-state index is -0.350. The summed E-state index contributed by atoms with van der Waals surface area (Å²) in [5.41, 5.74) is 6.67. The Labute approximate surface area is 128 Å². The highest BCUT2D eigenvalue weighted by atomic mass is 32.1. The van der Waals surface area contributed by atoms with Gasteiger partial charge in [-0.05, 0) is 30.0 Å². The zero-order chi connectivity index (χ0) is 14.7. The number of carbonyl (C=O) groups is 1. The van der Waals surface area contributed by atoms with E-state index in [9.17, 15) is 4.79 Å². The molecule has 0 saturated heterocycles. The van der Waals surface area contributed by atoms with Crippen molar-refractivity contribution in [2.24, 2.45) is 11.7 Å². The van der Waals surface area contributed by atoms with Gasteiger partial charge in [-0.3, -0.25) is 4.79 Å². The molecule has 1 aliphatic carbocycles. The van der Waals surface area contributed by atoms with Crippen LogP contribution in [0.4, 0.5) is 0 Å². The average molecular weight is 295 g/mol. The van der Waals surface area contributed by atoms with Crippen molar-refractivity contribution in [3.8, 4) is 0 Å². The fourth-order valence-corrected chi connectivity index (χ4v) is 3.85. The number of amides is 1. The quantitative estimate of drug-likeness (QED) is 0.906. The van der Waals surface area contributed by atoms with Gasteiger partial charge in [-0.25, -0.2) is 0 Å². The molecule has 2 atom stereocenters. The van der Waals surface area contributed by atoms with E-state index >= 15 is 0 Å². The van der Waals surface area contributed by atoms with E-state index in [4.69, 9.17) is 5.73 Å². The van der Waals surface area contributed by atoms with Crippen LogP contribution in [-0.4, -0.2) is 5.91 Å². The number of allylic oxidation sites excluding steroid dienone is 4. The van der Waals surface area contributed by atoms with Crippen LogP contribution in [0.15, 0.2) is 66.8 Å². The molecule has 3 rings (SSSR count). The van der Waals surface area contributed by atoms with Gasteiger partial charge < -0.3 is 5.73 Å². The van der Waals surface area contributed by atoms with Crippen molar-refractivity contribution in [1.29, 1.82) is 0 Å². The standard InChI is InChI=1S/C18H17NOS/c19-18(20)16-12-11-15(21-16)17(13-7-3-1-4-8-13)14-9-5-2-6-10-14/h1-9,11-12,14,17H,10H2,(H2,19,20). The highest BCUT2D eigenvalue weighted by Crippen LogP contribution is 2.39. The molecule has 1 heterocycles. The van der Waals surface area contributed by atoms with Gasteiger partial charge in [-0.1, -0.05) is 54.6 Å². The van der Waals surface area contributed by atoms with E-state index in [1.807, 2.05) is 18.2 Å². The van der Waals surface area contributed by atoms with Crippen molar-refractivity contribution in [2.45, 2.75) is 12.3 Å². The van der Waals surface area contributed by atoms with E-state index in [0.717, 1.165) is 6.42 Å². The Morgan fingerprint density at radius 3 is 2.57 bits per heavy atom. The molecule has 3 heteroatoms. The second kappa shape index (κ2) is 6.10.